The van der Waals surface area contributed by atoms with Crippen LogP contribution in [0.3, 0.4) is 0 Å². The third kappa shape index (κ3) is 3.10. The van der Waals surface area contributed by atoms with E-state index in [0.717, 1.165) is 11.3 Å². The molecule has 0 aromatic heterocycles. The standard InChI is InChI=1S/C15H16N2O2/c1-11-4-3-5-15(12(11)2)16-10-13-6-8-14(9-7-13)17(18)19/h3-9,16H,10H2,1-2H3. The van der Waals surface area contributed by atoms with Gasteiger partial charge in [0.15, 0.2) is 0 Å². The van der Waals surface area contributed by atoms with Crippen molar-refractivity contribution in [2.75, 3.05) is 5.32 Å². The number of nitrogens with one attached hydrogen (secondary N) is 1. The molecular formula is C15H16N2O2. The lowest BCUT2D eigenvalue weighted by Crippen LogP contribution is -2.01. The highest BCUT2D eigenvalue weighted by Gasteiger charge is 2.04. The number of hydrogen-bond acceptors (Lipinski definition) is 3. The molecule has 0 unspecified atom stereocenters. The molecule has 2 aromatic rings. The van der Waals surface area contributed by atoms with E-state index in [1.807, 2.05) is 12.1 Å². The Hall–Kier alpha value is -2.36. The Morgan fingerprint density at radius 3 is 2.42 bits per heavy atom. The van der Waals surface area contributed by atoms with Gasteiger partial charge in [0.05, 0.1) is 4.92 Å². The van der Waals surface area contributed by atoms with Gasteiger partial charge in [0.1, 0.15) is 0 Å². The third-order valence-electron chi connectivity index (χ3n) is 3.23. The first kappa shape index (κ1) is 13.1. The Kier molecular flexibility index (Phi) is 3.80. The molecule has 0 aliphatic heterocycles. The molecule has 19 heavy (non-hydrogen) atoms. The summed E-state index contributed by atoms with van der Waals surface area (Å²) in [6.45, 7) is 4.81. The van der Waals surface area contributed by atoms with Crippen molar-refractivity contribution in [2.45, 2.75) is 20.4 Å². The summed E-state index contributed by atoms with van der Waals surface area (Å²) < 4.78 is 0. The highest BCUT2D eigenvalue weighted by atomic mass is 16.6. The van der Waals surface area contributed by atoms with Crippen LogP contribution < -0.4 is 5.32 Å². The molecule has 4 nitrogen and oxygen atoms in total. The molecule has 0 radical (unpaired) electrons. The van der Waals surface area contributed by atoms with Crippen molar-refractivity contribution >= 4 is 11.4 Å². The smallest absolute Gasteiger partial charge is 0.269 e. The molecule has 0 bridgehead atoms. The summed E-state index contributed by atoms with van der Waals surface area (Å²) in [6, 6.07) is 12.7. The molecule has 0 fully saturated rings. The molecule has 0 saturated carbocycles. The van der Waals surface area contributed by atoms with Crippen LogP contribution in [0.5, 0.6) is 0 Å². The van der Waals surface area contributed by atoms with E-state index in [1.165, 1.54) is 23.3 Å². The van der Waals surface area contributed by atoms with Crippen LogP contribution in [-0.4, -0.2) is 4.92 Å². The number of benzene rings is 2. The van der Waals surface area contributed by atoms with Crippen LogP contribution in [-0.2, 0) is 6.54 Å². The lowest BCUT2D eigenvalue weighted by molar-refractivity contribution is -0.384. The van der Waals surface area contributed by atoms with Gasteiger partial charge in [-0.2, -0.15) is 0 Å². The van der Waals surface area contributed by atoms with Gasteiger partial charge < -0.3 is 5.32 Å². The maximum Gasteiger partial charge on any atom is 0.269 e. The van der Waals surface area contributed by atoms with Gasteiger partial charge in [-0.05, 0) is 36.6 Å². The van der Waals surface area contributed by atoms with Gasteiger partial charge in [-0.15, -0.1) is 0 Å². The number of non-ortho nitro benzene ring substituents is 1. The molecule has 0 amide bonds. The zero-order valence-electron chi connectivity index (χ0n) is 11.0. The van der Waals surface area contributed by atoms with Gasteiger partial charge in [0.2, 0.25) is 0 Å². The predicted octanol–water partition coefficient (Wildman–Crippen LogP) is 3.82. The second-order valence-corrected chi connectivity index (χ2v) is 4.52. The Labute approximate surface area is 112 Å². The molecule has 0 atom stereocenters. The maximum atomic E-state index is 10.6. The fourth-order valence-electron chi connectivity index (χ4n) is 1.88. The molecule has 2 aromatic carbocycles. The summed E-state index contributed by atoms with van der Waals surface area (Å²) in [4.78, 5) is 10.2. The average molecular weight is 256 g/mol. The van der Waals surface area contributed by atoms with Gasteiger partial charge in [-0.3, -0.25) is 10.1 Å². The molecule has 0 heterocycles. The third-order valence-corrected chi connectivity index (χ3v) is 3.23. The van der Waals surface area contributed by atoms with Crippen molar-refractivity contribution in [1.29, 1.82) is 0 Å². The molecule has 2 rings (SSSR count). The number of nitro benzene ring substituents is 1. The van der Waals surface area contributed by atoms with Crippen molar-refractivity contribution in [3.8, 4) is 0 Å². The monoisotopic (exact) mass is 256 g/mol. The van der Waals surface area contributed by atoms with Crippen LogP contribution in [0.4, 0.5) is 11.4 Å². The van der Waals surface area contributed by atoms with Crippen molar-refractivity contribution < 1.29 is 4.92 Å². The highest BCUT2D eigenvalue weighted by Crippen LogP contribution is 2.19. The molecule has 4 heteroatoms. The fourth-order valence-corrected chi connectivity index (χ4v) is 1.88. The average Bonchev–Trinajstić information content (AvgIpc) is 2.41. The van der Waals surface area contributed by atoms with E-state index in [9.17, 15) is 10.1 Å². The predicted molar refractivity (Wildman–Crippen MR) is 76.3 cm³/mol. The van der Waals surface area contributed by atoms with Crippen molar-refractivity contribution in [3.05, 3.63) is 69.3 Å². The van der Waals surface area contributed by atoms with Crippen LogP contribution in [0.2, 0.25) is 0 Å². The van der Waals surface area contributed by atoms with Crippen LogP contribution in [0.25, 0.3) is 0 Å². The summed E-state index contributed by atoms with van der Waals surface area (Å²) in [5.41, 5.74) is 4.71. The molecule has 0 aliphatic carbocycles. The first-order valence-electron chi connectivity index (χ1n) is 6.11. The van der Waals surface area contributed by atoms with Crippen LogP contribution in [0, 0.1) is 24.0 Å². The molecule has 0 spiro atoms. The van der Waals surface area contributed by atoms with E-state index < -0.39 is 0 Å². The van der Waals surface area contributed by atoms with Crippen molar-refractivity contribution in [1.82, 2.24) is 0 Å². The minimum Gasteiger partial charge on any atom is -0.381 e. The number of anilines is 1. The van der Waals surface area contributed by atoms with E-state index in [4.69, 9.17) is 0 Å². The Morgan fingerprint density at radius 2 is 1.79 bits per heavy atom. The van der Waals surface area contributed by atoms with Gasteiger partial charge >= 0.3 is 0 Å². The highest BCUT2D eigenvalue weighted by molar-refractivity contribution is 5.54. The minimum atomic E-state index is -0.387. The number of aryl methyl sites for hydroxylation is 1. The van der Waals surface area contributed by atoms with Crippen molar-refractivity contribution in [2.24, 2.45) is 0 Å². The van der Waals surface area contributed by atoms with E-state index >= 15 is 0 Å². The van der Waals surface area contributed by atoms with Crippen LogP contribution in [0.1, 0.15) is 16.7 Å². The normalized spacial score (nSPS) is 10.2. The summed E-state index contributed by atoms with van der Waals surface area (Å²) in [6.07, 6.45) is 0. The summed E-state index contributed by atoms with van der Waals surface area (Å²) >= 11 is 0. The quantitative estimate of drug-likeness (QED) is 0.668. The number of nitro groups is 1. The minimum absolute atomic E-state index is 0.121. The van der Waals surface area contributed by atoms with Crippen LogP contribution in [0.15, 0.2) is 42.5 Å². The Morgan fingerprint density at radius 1 is 1.11 bits per heavy atom. The number of nitrogens with zero attached hydrogens (tertiary/aromatic N) is 1. The second kappa shape index (κ2) is 5.52. The maximum absolute atomic E-state index is 10.6. The van der Waals surface area contributed by atoms with Gasteiger partial charge in [-0.1, -0.05) is 24.3 Å². The van der Waals surface area contributed by atoms with E-state index in [0.29, 0.717) is 6.54 Å². The summed E-state index contributed by atoms with van der Waals surface area (Å²) in [5.74, 6) is 0. The van der Waals surface area contributed by atoms with Crippen molar-refractivity contribution in [3.63, 3.8) is 0 Å². The number of hydrogen-bond donors (Lipinski definition) is 1. The van der Waals surface area contributed by atoms with E-state index in [2.05, 4.69) is 25.2 Å². The SMILES string of the molecule is Cc1cccc(NCc2ccc([N+](=O)[O-])cc2)c1C. The molecule has 0 aliphatic rings. The largest absolute Gasteiger partial charge is 0.381 e. The van der Waals surface area contributed by atoms with Crippen LogP contribution >= 0.6 is 0 Å². The first-order valence-corrected chi connectivity index (χ1v) is 6.11. The zero-order valence-corrected chi connectivity index (χ0v) is 11.0. The summed E-state index contributed by atoms with van der Waals surface area (Å²) in [7, 11) is 0. The lowest BCUT2D eigenvalue weighted by Gasteiger charge is -2.11. The van der Waals surface area contributed by atoms with Gasteiger partial charge in [0.25, 0.3) is 5.69 Å². The lowest BCUT2D eigenvalue weighted by atomic mass is 10.1. The van der Waals surface area contributed by atoms with E-state index in [-0.39, 0.29) is 10.6 Å². The number of rotatable bonds is 4. The zero-order chi connectivity index (χ0) is 13.8. The molecule has 98 valence electrons. The molecule has 0 saturated heterocycles. The Balaban J connectivity index is 2.06. The van der Waals surface area contributed by atoms with Gasteiger partial charge in [0, 0.05) is 24.4 Å². The molecule has 1 N–H and O–H groups in total. The van der Waals surface area contributed by atoms with Gasteiger partial charge in [-0.25, -0.2) is 0 Å². The summed E-state index contributed by atoms with van der Waals surface area (Å²) in [5, 5.41) is 13.9. The topological polar surface area (TPSA) is 55.2 Å². The molecular weight excluding hydrogens is 240 g/mol. The Bertz CT molecular complexity index is 592. The second-order valence-electron chi connectivity index (χ2n) is 4.52. The van der Waals surface area contributed by atoms with E-state index in [1.54, 1.807) is 12.1 Å². The fraction of sp³-hybridized carbons (Fsp3) is 0.200. The first-order chi connectivity index (χ1) is 9.08.